The first kappa shape index (κ1) is 19.9. The van der Waals surface area contributed by atoms with Gasteiger partial charge in [-0.25, -0.2) is 9.69 Å². The van der Waals surface area contributed by atoms with E-state index in [4.69, 9.17) is 9.15 Å². The Morgan fingerprint density at radius 3 is 2.44 bits per heavy atom. The molecule has 2 unspecified atom stereocenters. The van der Waals surface area contributed by atoms with Crippen LogP contribution in [-0.2, 0) is 4.79 Å². The first-order valence-electron chi connectivity index (χ1n) is 10.4. The number of benzene rings is 2. The Balaban J connectivity index is 1.27. The highest BCUT2D eigenvalue weighted by atomic mass is 16.5. The van der Waals surface area contributed by atoms with Crippen molar-refractivity contribution in [1.29, 1.82) is 0 Å². The van der Waals surface area contributed by atoms with Gasteiger partial charge in [-0.05, 0) is 61.4 Å². The summed E-state index contributed by atoms with van der Waals surface area (Å²) in [5.74, 6) is 0.922. The number of ether oxygens (including phenoxy) is 1. The van der Waals surface area contributed by atoms with Gasteiger partial charge in [-0.1, -0.05) is 18.2 Å². The van der Waals surface area contributed by atoms with E-state index in [0.717, 1.165) is 0 Å². The molecule has 4 amide bonds. The summed E-state index contributed by atoms with van der Waals surface area (Å²) in [6.45, 7) is 0.393. The van der Waals surface area contributed by atoms with Crippen molar-refractivity contribution in [3.05, 3.63) is 78.8 Å². The van der Waals surface area contributed by atoms with Crippen LogP contribution in [0.5, 0.6) is 11.5 Å². The molecule has 0 bridgehead atoms. The zero-order chi connectivity index (χ0) is 22.1. The van der Waals surface area contributed by atoms with Crippen molar-refractivity contribution in [1.82, 2.24) is 10.2 Å². The van der Waals surface area contributed by atoms with E-state index >= 15 is 0 Å². The molecule has 2 fully saturated rings. The third-order valence-electron chi connectivity index (χ3n) is 5.70. The molecule has 0 aliphatic carbocycles. The van der Waals surface area contributed by atoms with E-state index < -0.39 is 6.04 Å². The van der Waals surface area contributed by atoms with Crippen molar-refractivity contribution in [2.24, 2.45) is 0 Å². The second-order valence-electron chi connectivity index (χ2n) is 7.75. The topological polar surface area (TPSA) is 92.1 Å². The number of carbonyl (C=O) groups excluding carboxylic acids is 3. The van der Waals surface area contributed by atoms with Gasteiger partial charge in [0.1, 0.15) is 17.5 Å². The quantitative estimate of drug-likeness (QED) is 0.621. The van der Waals surface area contributed by atoms with E-state index in [0.29, 0.717) is 36.6 Å². The second-order valence-corrected chi connectivity index (χ2v) is 7.75. The lowest BCUT2D eigenvalue weighted by Gasteiger charge is -2.32. The van der Waals surface area contributed by atoms with E-state index in [1.165, 1.54) is 11.2 Å². The van der Waals surface area contributed by atoms with Gasteiger partial charge in [0.2, 0.25) is 0 Å². The van der Waals surface area contributed by atoms with E-state index in [-0.39, 0.29) is 29.6 Å². The number of hydrogen-bond donors (Lipinski definition) is 1. The summed E-state index contributed by atoms with van der Waals surface area (Å²) in [6.07, 6.45) is 2.37. The number of amides is 4. The van der Waals surface area contributed by atoms with E-state index in [2.05, 4.69) is 5.32 Å². The minimum atomic E-state index is -0.599. The molecular formula is C24H21N3O5. The average molecular weight is 431 g/mol. The maximum Gasteiger partial charge on any atom is 0.332 e. The predicted molar refractivity (Wildman–Crippen MR) is 116 cm³/mol. The van der Waals surface area contributed by atoms with Crippen molar-refractivity contribution >= 4 is 23.5 Å². The number of carbonyl (C=O) groups is 3. The van der Waals surface area contributed by atoms with Crippen LogP contribution in [0.4, 0.5) is 10.5 Å². The summed E-state index contributed by atoms with van der Waals surface area (Å²) >= 11 is 0. The minimum absolute atomic E-state index is 0.216. The van der Waals surface area contributed by atoms with E-state index in [9.17, 15) is 14.4 Å². The fraction of sp³-hybridized carbons (Fsp3) is 0.208. The van der Waals surface area contributed by atoms with Crippen LogP contribution in [0.1, 0.15) is 23.4 Å². The van der Waals surface area contributed by atoms with Gasteiger partial charge in [0.15, 0.2) is 5.76 Å². The van der Waals surface area contributed by atoms with Gasteiger partial charge in [0.05, 0.1) is 12.0 Å². The van der Waals surface area contributed by atoms with Crippen molar-refractivity contribution < 1.29 is 23.5 Å². The number of piperidine rings is 1. The molecule has 2 saturated heterocycles. The highest BCUT2D eigenvalue weighted by molar-refractivity contribution is 6.21. The monoisotopic (exact) mass is 431 g/mol. The SMILES string of the molecule is O=C(NC1CCN2C(=O)N(c3ccc(Oc4ccccc4)cc3)C(=O)C2C1)c1ccco1. The third-order valence-corrected chi connectivity index (χ3v) is 5.70. The van der Waals surface area contributed by atoms with Crippen molar-refractivity contribution in [2.75, 3.05) is 11.4 Å². The molecule has 3 heterocycles. The molecule has 8 heteroatoms. The minimum Gasteiger partial charge on any atom is -0.459 e. The lowest BCUT2D eigenvalue weighted by molar-refractivity contribution is -0.120. The fourth-order valence-electron chi connectivity index (χ4n) is 4.12. The van der Waals surface area contributed by atoms with Crippen LogP contribution in [0.2, 0.25) is 0 Å². The maximum atomic E-state index is 13.1. The third kappa shape index (κ3) is 3.71. The van der Waals surface area contributed by atoms with Gasteiger partial charge in [0.25, 0.3) is 11.8 Å². The molecule has 32 heavy (non-hydrogen) atoms. The zero-order valence-electron chi connectivity index (χ0n) is 17.1. The van der Waals surface area contributed by atoms with E-state index in [1.807, 2.05) is 30.3 Å². The predicted octanol–water partition coefficient (Wildman–Crippen LogP) is 3.80. The average Bonchev–Trinajstić information content (AvgIpc) is 3.43. The first-order valence-corrected chi connectivity index (χ1v) is 10.4. The number of para-hydroxylation sites is 1. The van der Waals surface area contributed by atoms with Crippen LogP contribution in [0.3, 0.4) is 0 Å². The zero-order valence-corrected chi connectivity index (χ0v) is 17.1. The van der Waals surface area contributed by atoms with Gasteiger partial charge in [-0.3, -0.25) is 9.59 Å². The number of anilines is 1. The second kappa shape index (κ2) is 8.22. The lowest BCUT2D eigenvalue weighted by atomic mass is 9.98. The Labute approximate surface area is 184 Å². The smallest absolute Gasteiger partial charge is 0.332 e. The first-order chi connectivity index (χ1) is 15.6. The fourth-order valence-corrected chi connectivity index (χ4v) is 4.12. The number of nitrogens with zero attached hydrogens (tertiary/aromatic N) is 2. The number of urea groups is 1. The number of fused-ring (bicyclic) bond motifs is 1. The van der Waals surface area contributed by atoms with Crippen LogP contribution in [0, 0.1) is 0 Å². The van der Waals surface area contributed by atoms with Crippen molar-refractivity contribution in [3.8, 4) is 11.5 Å². The maximum absolute atomic E-state index is 13.1. The molecule has 2 aliphatic heterocycles. The molecule has 1 aromatic heterocycles. The number of imide groups is 1. The van der Waals surface area contributed by atoms with Gasteiger partial charge < -0.3 is 19.4 Å². The standard InChI is InChI=1S/C24H21N3O5/c28-22(21-7-4-14-31-21)25-16-12-13-26-20(15-16)23(29)27(24(26)30)17-8-10-19(11-9-17)32-18-5-2-1-3-6-18/h1-11,14,16,20H,12-13,15H2,(H,25,28). The molecule has 3 aromatic rings. The van der Waals surface area contributed by atoms with Crippen molar-refractivity contribution in [3.63, 3.8) is 0 Å². The normalized spacial score (nSPS) is 20.2. The van der Waals surface area contributed by atoms with Crippen LogP contribution in [0.15, 0.2) is 77.4 Å². The summed E-state index contributed by atoms with van der Waals surface area (Å²) < 4.78 is 10.9. The Kier molecular flexibility index (Phi) is 5.10. The molecule has 162 valence electrons. The van der Waals surface area contributed by atoms with Gasteiger partial charge in [-0.2, -0.15) is 0 Å². The van der Waals surface area contributed by atoms with Crippen LogP contribution < -0.4 is 15.0 Å². The molecule has 0 saturated carbocycles. The van der Waals surface area contributed by atoms with Gasteiger partial charge in [-0.15, -0.1) is 0 Å². The molecule has 5 rings (SSSR count). The Morgan fingerprint density at radius 1 is 0.969 bits per heavy atom. The molecule has 1 N–H and O–H groups in total. The summed E-state index contributed by atoms with van der Waals surface area (Å²) in [4.78, 5) is 41.1. The molecule has 2 atom stereocenters. The Morgan fingerprint density at radius 2 is 1.72 bits per heavy atom. The summed E-state index contributed by atoms with van der Waals surface area (Å²) in [6, 6.07) is 18.3. The number of hydrogen-bond acceptors (Lipinski definition) is 5. The van der Waals surface area contributed by atoms with Gasteiger partial charge >= 0.3 is 6.03 Å². The van der Waals surface area contributed by atoms with Crippen LogP contribution >= 0.6 is 0 Å². The lowest BCUT2D eigenvalue weighted by Crippen LogP contribution is -2.49. The summed E-state index contributed by atoms with van der Waals surface area (Å²) in [5, 5.41) is 2.90. The molecule has 8 nitrogen and oxygen atoms in total. The summed E-state index contributed by atoms with van der Waals surface area (Å²) in [7, 11) is 0. The van der Waals surface area contributed by atoms with Crippen LogP contribution in [-0.4, -0.2) is 41.4 Å². The van der Waals surface area contributed by atoms with E-state index in [1.54, 1.807) is 41.3 Å². The molecule has 0 radical (unpaired) electrons. The number of rotatable bonds is 5. The Bertz CT molecular complexity index is 1130. The Hall–Kier alpha value is -4.07. The largest absolute Gasteiger partial charge is 0.459 e. The molecule has 2 aromatic carbocycles. The number of furan rings is 1. The summed E-state index contributed by atoms with van der Waals surface area (Å²) in [5.41, 5.74) is 0.492. The number of nitrogens with one attached hydrogen (secondary N) is 1. The highest BCUT2D eigenvalue weighted by Gasteiger charge is 2.48. The van der Waals surface area contributed by atoms with Gasteiger partial charge in [0, 0.05) is 12.6 Å². The molecule has 2 aliphatic rings. The highest BCUT2D eigenvalue weighted by Crippen LogP contribution is 2.32. The van der Waals surface area contributed by atoms with Crippen LogP contribution in [0.25, 0.3) is 0 Å². The molecular weight excluding hydrogens is 410 g/mol. The molecule has 0 spiro atoms. The van der Waals surface area contributed by atoms with Crippen molar-refractivity contribution in [2.45, 2.75) is 24.9 Å².